The minimum Gasteiger partial charge on any atom is -0.379 e. The average Bonchev–Trinajstić information content (AvgIpc) is 3.51. The zero-order chi connectivity index (χ0) is 30.7. The molecule has 228 valence electrons. The predicted octanol–water partition coefficient (Wildman–Crippen LogP) is 10.5. The molecule has 0 saturated carbocycles. The van der Waals surface area contributed by atoms with Gasteiger partial charge >= 0.3 is 0 Å². The number of carbonyl (C=O) groups is 1. The molecule has 2 aromatic carbocycles. The third kappa shape index (κ3) is 9.74. The molecule has 0 aromatic heterocycles. The van der Waals surface area contributed by atoms with Gasteiger partial charge in [0.2, 0.25) is 0 Å². The fraction of sp³-hybridized carbons (Fsp3) is 0.639. The van der Waals surface area contributed by atoms with Gasteiger partial charge in [-0.05, 0) is 108 Å². The molecule has 1 heterocycles. The molecule has 3 nitrogen and oxygen atoms in total. The van der Waals surface area contributed by atoms with Gasteiger partial charge in [-0.25, -0.2) is 0 Å². The Labute approximate surface area is 266 Å². The second kappa shape index (κ2) is 14.2. The molecule has 3 aliphatic rings. The van der Waals surface area contributed by atoms with Gasteiger partial charge in [-0.2, -0.15) is 0 Å². The van der Waals surface area contributed by atoms with E-state index in [1.807, 2.05) is 14.0 Å². The summed E-state index contributed by atoms with van der Waals surface area (Å²) in [6, 6.07) is 8.91. The first-order valence-electron chi connectivity index (χ1n) is 15.3. The van der Waals surface area contributed by atoms with E-state index in [0.717, 1.165) is 42.3 Å². The first kappa shape index (κ1) is 34.5. The molecule has 4 unspecified atom stereocenters. The molecule has 0 bridgehead atoms. The van der Waals surface area contributed by atoms with Gasteiger partial charge < -0.3 is 9.47 Å². The number of rotatable bonds is 3. The number of Topliss-reactive ketones (excluding diaryl/α,β-unsaturated/α-hetero) is 1. The maximum Gasteiger partial charge on any atom is 0.166 e. The quantitative estimate of drug-likeness (QED) is 0.321. The summed E-state index contributed by atoms with van der Waals surface area (Å²) in [6.45, 7) is 20.9. The van der Waals surface area contributed by atoms with Crippen molar-refractivity contribution in [1.82, 2.24) is 0 Å². The average molecular weight is 693 g/mol. The highest BCUT2D eigenvalue weighted by atomic mass is 79.9. The summed E-state index contributed by atoms with van der Waals surface area (Å²) >= 11 is 7.34. The molecular formula is C36H52Br2O3. The molecule has 1 aliphatic heterocycles. The third-order valence-corrected chi connectivity index (χ3v) is 9.41. The van der Waals surface area contributed by atoms with Crippen LogP contribution >= 0.6 is 31.9 Å². The highest BCUT2D eigenvalue weighted by Gasteiger charge is 2.32. The highest BCUT2D eigenvalue weighted by Crippen LogP contribution is 2.43. The van der Waals surface area contributed by atoms with Crippen LogP contribution in [-0.4, -0.2) is 25.6 Å². The normalized spacial score (nSPS) is 23.4. The molecule has 0 N–H and O–H groups in total. The summed E-state index contributed by atoms with van der Waals surface area (Å²) in [5, 5.41) is 0. The van der Waals surface area contributed by atoms with Gasteiger partial charge in [0.25, 0.3) is 0 Å². The van der Waals surface area contributed by atoms with Crippen molar-refractivity contribution in [3.63, 3.8) is 0 Å². The number of benzene rings is 2. The van der Waals surface area contributed by atoms with Crippen LogP contribution in [0.3, 0.4) is 0 Å². The van der Waals surface area contributed by atoms with Crippen molar-refractivity contribution >= 4 is 37.6 Å². The van der Waals surface area contributed by atoms with Crippen molar-refractivity contribution in [2.24, 2.45) is 22.7 Å². The Hall–Kier alpha value is -1.01. The largest absolute Gasteiger partial charge is 0.379 e. The van der Waals surface area contributed by atoms with E-state index in [9.17, 15) is 4.79 Å². The fourth-order valence-corrected chi connectivity index (χ4v) is 7.59. The molecule has 5 heteroatoms. The monoisotopic (exact) mass is 690 g/mol. The predicted molar refractivity (Wildman–Crippen MR) is 179 cm³/mol. The van der Waals surface area contributed by atoms with Crippen molar-refractivity contribution in [2.75, 3.05) is 13.7 Å². The van der Waals surface area contributed by atoms with Gasteiger partial charge in [0, 0.05) is 34.1 Å². The maximum atomic E-state index is 12.0. The van der Waals surface area contributed by atoms with Crippen LogP contribution in [0.15, 0.2) is 33.2 Å². The topological polar surface area (TPSA) is 35.5 Å². The SMILES string of the molecule is CC1CCCO1.CC1Cc2c(Br)cc(CC(C)(C)C)cc2C1=O.COC1c2cc(CC(C)(C)C)cc(Br)c2CC1C. The number of ketones is 1. The number of hydrogen-bond donors (Lipinski definition) is 0. The van der Waals surface area contributed by atoms with Crippen LogP contribution in [0.1, 0.15) is 119 Å². The lowest BCUT2D eigenvalue weighted by Gasteiger charge is -2.20. The number of carbonyl (C=O) groups excluding carboxylic acids is 1. The van der Waals surface area contributed by atoms with E-state index in [-0.39, 0.29) is 17.4 Å². The van der Waals surface area contributed by atoms with Crippen LogP contribution in [-0.2, 0) is 35.2 Å². The molecule has 0 amide bonds. The Morgan fingerprint density at radius 1 is 0.854 bits per heavy atom. The molecule has 0 radical (unpaired) electrons. The van der Waals surface area contributed by atoms with Gasteiger partial charge in [0.1, 0.15) is 0 Å². The first-order chi connectivity index (χ1) is 19.0. The van der Waals surface area contributed by atoms with E-state index in [0.29, 0.717) is 23.2 Å². The minimum atomic E-state index is 0.145. The highest BCUT2D eigenvalue weighted by molar-refractivity contribution is 9.10. The van der Waals surface area contributed by atoms with Gasteiger partial charge in [-0.1, -0.05) is 93.3 Å². The van der Waals surface area contributed by atoms with Crippen LogP contribution in [0.4, 0.5) is 0 Å². The molecule has 5 rings (SSSR count). The minimum absolute atomic E-state index is 0.145. The lowest BCUT2D eigenvalue weighted by molar-refractivity contribution is 0.0694. The second-order valence-corrected chi connectivity index (χ2v) is 16.6. The van der Waals surface area contributed by atoms with E-state index >= 15 is 0 Å². The molecule has 2 aromatic rings. The lowest BCUT2D eigenvalue weighted by atomic mass is 9.87. The molecule has 41 heavy (non-hydrogen) atoms. The van der Waals surface area contributed by atoms with Crippen LogP contribution in [0, 0.1) is 22.7 Å². The van der Waals surface area contributed by atoms with Crippen molar-refractivity contribution in [1.29, 1.82) is 0 Å². The zero-order valence-corrected chi connectivity index (χ0v) is 30.2. The summed E-state index contributed by atoms with van der Waals surface area (Å²) in [5.41, 5.74) is 8.19. The number of hydrogen-bond acceptors (Lipinski definition) is 3. The Morgan fingerprint density at radius 2 is 1.41 bits per heavy atom. The maximum absolute atomic E-state index is 12.0. The van der Waals surface area contributed by atoms with Crippen LogP contribution in [0.25, 0.3) is 0 Å². The first-order valence-corrected chi connectivity index (χ1v) is 16.9. The van der Waals surface area contributed by atoms with Crippen LogP contribution in [0.2, 0.25) is 0 Å². The number of halogens is 2. The van der Waals surface area contributed by atoms with Crippen LogP contribution < -0.4 is 0 Å². The zero-order valence-electron chi connectivity index (χ0n) is 27.0. The van der Waals surface area contributed by atoms with Crippen molar-refractivity contribution in [2.45, 2.75) is 113 Å². The van der Waals surface area contributed by atoms with Gasteiger partial charge in [0.05, 0.1) is 12.2 Å². The molecule has 1 fully saturated rings. The van der Waals surface area contributed by atoms with Gasteiger partial charge in [0.15, 0.2) is 5.78 Å². The molecule has 2 aliphatic carbocycles. The van der Waals surface area contributed by atoms with Crippen molar-refractivity contribution in [3.05, 3.63) is 66.6 Å². The van der Waals surface area contributed by atoms with E-state index in [2.05, 4.69) is 112 Å². The number of fused-ring (bicyclic) bond motifs is 2. The number of ether oxygens (including phenoxy) is 2. The Kier molecular flexibility index (Phi) is 11.9. The summed E-state index contributed by atoms with van der Waals surface area (Å²) in [5.74, 6) is 1.02. The Balaban J connectivity index is 0.000000188. The van der Waals surface area contributed by atoms with Crippen molar-refractivity contribution in [3.8, 4) is 0 Å². The molecule has 1 saturated heterocycles. The Morgan fingerprint density at radius 3 is 1.88 bits per heavy atom. The summed E-state index contributed by atoms with van der Waals surface area (Å²) in [6.07, 6.45) is 7.43. The molecular weight excluding hydrogens is 640 g/mol. The summed E-state index contributed by atoms with van der Waals surface area (Å²) in [7, 11) is 1.82. The van der Waals surface area contributed by atoms with Gasteiger partial charge in [-0.15, -0.1) is 0 Å². The van der Waals surface area contributed by atoms with E-state index in [4.69, 9.17) is 9.47 Å². The van der Waals surface area contributed by atoms with Crippen LogP contribution in [0.5, 0.6) is 0 Å². The van der Waals surface area contributed by atoms with E-state index in [1.165, 1.54) is 45.1 Å². The standard InChI is InChI=1S/C16H23BrO.C15H19BrO.C5H10O/c1-10-6-12-13(15(10)18-5)7-11(8-14(12)17)9-16(2,3)4;1-9-5-11-12(14(9)17)6-10(7-13(11)16)8-15(2,3)4;1-5-3-2-4-6-5/h7-8,10,15H,6,9H2,1-5H3;6-7,9H,5,8H2,1-4H3;5H,2-4H2,1H3. The van der Waals surface area contributed by atoms with E-state index in [1.54, 1.807) is 0 Å². The molecule has 0 spiro atoms. The third-order valence-electron chi connectivity index (χ3n) is 8.00. The van der Waals surface area contributed by atoms with Gasteiger partial charge in [-0.3, -0.25) is 4.79 Å². The smallest absolute Gasteiger partial charge is 0.166 e. The second-order valence-electron chi connectivity index (χ2n) is 14.9. The summed E-state index contributed by atoms with van der Waals surface area (Å²) in [4.78, 5) is 12.0. The van der Waals surface area contributed by atoms with Crippen molar-refractivity contribution < 1.29 is 14.3 Å². The number of methoxy groups -OCH3 is 1. The Bertz CT molecular complexity index is 1200. The summed E-state index contributed by atoms with van der Waals surface area (Å²) < 4.78 is 13.2. The lowest BCUT2D eigenvalue weighted by Crippen LogP contribution is -2.10. The van der Waals surface area contributed by atoms with E-state index < -0.39 is 0 Å². The molecule has 4 atom stereocenters. The fourth-order valence-electron chi connectivity index (χ4n) is 6.23.